The van der Waals surface area contributed by atoms with Crippen LogP contribution in [0, 0.1) is 0 Å². The van der Waals surface area contributed by atoms with Crippen molar-refractivity contribution in [3.8, 4) is 5.75 Å². The van der Waals surface area contributed by atoms with E-state index in [9.17, 15) is 9.59 Å². The number of nitrogens with zero attached hydrogens (tertiary/aromatic N) is 2. The third kappa shape index (κ3) is 5.59. The Labute approximate surface area is 155 Å². The number of benzene rings is 1. The molecule has 0 aromatic heterocycles. The van der Waals surface area contributed by atoms with Crippen molar-refractivity contribution in [3.05, 3.63) is 41.5 Å². The first-order chi connectivity index (χ1) is 12.5. The van der Waals surface area contributed by atoms with Crippen LogP contribution in [-0.4, -0.2) is 68.0 Å². The second-order valence-corrected chi connectivity index (χ2v) is 6.41. The molecular weight excluding hydrogens is 330 g/mol. The maximum absolute atomic E-state index is 12.3. The molecule has 1 aromatic rings. The fraction of sp³-hybridized carbons (Fsp3) is 0.500. The maximum Gasteiger partial charge on any atom is 0.251 e. The number of rotatable bonds is 7. The molecule has 0 radical (unpaired) electrons. The van der Waals surface area contributed by atoms with Gasteiger partial charge in [-0.1, -0.05) is 13.0 Å². The van der Waals surface area contributed by atoms with Gasteiger partial charge in [-0.15, -0.1) is 0 Å². The van der Waals surface area contributed by atoms with Crippen molar-refractivity contribution in [2.75, 3.05) is 46.4 Å². The van der Waals surface area contributed by atoms with E-state index in [-0.39, 0.29) is 11.8 Å². The van der Waals surface area contributed by atoms with Crippen LogP contribution in [0.15, 0.2) is 35.9 Å². The minimum atomic E-state index is -0.0817. The molecule has 0 aliphatic carbocycles. The number of carbonyl (C=O) groups is 2. The summed E-state index contributed by atoms with van der Waals surface area (Å²) >= 11 is 0. The third-order valence-corrected chi connectivity index (χ3v) is 4.57. The van der Waals surface area contributed by atoms with Gasteiger partial charge in [0.15, 0.2) is 0 Å². The zero-order valence-corrected chi connectivity index (χ0v) is 16.0. The molecule has 2 rings (SSSR count). The number of hydrogen-bond acceptors (Lipinski definition) is 4. The highest BCUT2D eigenvalue weighted by Crippen LogP contribution is 2.11. The second-order valence-electron chi connectivity index (χ2n) is 6.41. The smallest absolute Gasteiger partial charge is 0.251 e. The number of allylic oxidation sites excluding steroid dienone is 1. The zero-order valence-electron chi connectivity index (χ0n) is 16.0. The molecule has 2 amide bonds. The van der Waals surface area contributed by atoms with E-state index in [0.29, 0.717) is 12.1 Å². The number of hydrogen-bond donors (Lipinski definition) is 1. The monoisotopic (exact) mass is 359 g/mol. The van der Waals surface area contributed by atoms with Crippen LogP contribution in [0.25, 0.3) is 0 Å². The Hall–Kier alpha value is -2.34. The van der Waals surface area contributed by atoms with E-state index in [0.717, 1.165) is 50.5 Å². The van der Waals surface area contributed by atoms with Crippen molar-refractivity contribution >= 4 is 11.8 Å². The van der Waals surface area contributed by atoms with Gasteiger partial charge < -0.3 is 15.0 Å². The van der Waals surface area contributed by atoms with Gasteiger partial charge in [-0.25, -0.2) is 0 Å². The van der Waals surface area contributed by atoms with E-state index in [2.05, 4.69) is 10.2 Å². The SMILES string of the molecule is CCC=C(C)C(=O)N1CCN(CCNC(=O)c2ccc(OC)cc2)CC1. The Bertz CT molecular complexity index is 632. The van der Waals surface area contributed by atoms with Crippen LogP contribution < -0.4 is 10.1 Å². The van der Waals surface area contributed by atoms with Crippen molar-refractivity contribution in [1.82, 2.24) is 15.1 Å². The van der Waals surface area contributed by atoms with E-state index in [1.807, 2.05) is 24.8 Å². The third-order valence-electron chi connectivity index (χ3n) is 4.57. The van der Waals surface area contributed by atoms with Gasteiger partial charge in [-0.05, 0) is 37.6 Å². The van der Waals surface area contributed by atoms with Crippen molar-refractivity contribution < 1.29 is 14.3 Å². The van der Waals surface area contributed by atoms with Gasteiger partial charge in [0.1, 0.15) is 5.75 Å². The molecule has 0 atom stereocenters. The van der Waals surface area contributed by atoms with Crippen molar-refractivity contribution in [2.45, 2.75) is 20.3 Å². The number of amides is 2. The summed E-state index contributed by atoms with van der Waals surface area (Å²) in [5, 5.41) is 2.94. The number of methoxy groups -OCH3 is 1. The standard InChI is InChI=1S/C20H29N3O3/c1-4-5-16(2)20(25)23-14-12-22(13-15-23)11-10-21-19(24)17-6-8-18(26-3)9-7-17/h5-9H,4,10-15H2,1-3H3,(H,21,24). The van der Waals surface area contributed by atoms with Gasteiger partial charge >= 0.3 is 0 Å². The van der Waals surface area contributed by atoms with Crippen LogP contribution in [0.4, 0.5) is 0 Å². The van der Waals surface area contributed by atoms with Gasteiger partial charge in [-0.2, -0.15) is 0 Å². The summed E-state index contributed by atoms with van der Waals surface area (Å²) in [6.45, 7) is 8.44. The molecule has 0 spiro atoms. The highest BCUT2D eigenvalue weighted by molar-refractivity contribution is 5.94. The molecule has 142 valence electrons. The Morgan fingerprint density at radius 3 is 2.38 bits per heavy atom. The minimum Gasteiger partial charge on any atom is -0.497 e. The molecule has 1 heterocycles. The molecule has 1 fully saturated rings. The molecule has 26 heavy (non-hydrogen) atoms. The highest BCUT2D eigenvalue weighted by atomic mass is 16.5. The van der Waals surface area contributed by atoms with E-state index in [1.54, 1.807) is 31.4 Å². The molecule has 6 heteroatoms. The number of carbonyl (C=O) groups excluding carboxylic acids is 2. The molecule has 0 bridgehead atoms. The van der Waals surface area contributed by atoms with Gasteiger partial charge in [0.25, 0.3) is 5.91 Å². The Morgan fingerprint density at radius 1 is 1.15 bits per heavy atom. The normalized spacial score (nSPS) is 15.7. The largest absolute Gasteiger partial charge is 0.497 e. The summed E-state index contributed by atoms with van der Waals surface area (Å²) in [5.41, 5.74) is 1.45. The molecule has 1 N–H and O–H groups in total. The first kappa shape index (κ1) is 20.0. The average Bonchev–Trinajstić information content (AvgIpc) is 2.68. The first-order valence-corrected chi connectivity index (χ1v) is 9.15. The molecule has 1 saturated heterocycles. The Morgan fingerprint density at radius 2 is 1.81 bits per heavy atom. The predicted molar refractivity (Wildman–Crippen MR) is 102 cm³/mol. The molecule has 1 aliphatic rings. The van der Waals surface area contributed by atoms with E-state index >= 15 is 0 Å². The lowest BCUT2D eigenvalue weighted by molar-refractivity contribution is -0.128. The zero-order chi connectivity index (χ0) is 18.9. The van der Waals surface area contributed by atoms with Gasteiger partial charge in [0.05, 0.1) is 7.11 Å². The molecule has 1 aliphatic heterocycles. The van der Waals surface area contributed by atoms with Crippen molar-refractivity contribution in [1.29, 1.82) is 0 Å². The lowest BCUT2D eigenvalue weighted by atomic mass is 10.2. The quantitative estimate of drug-likeness (QED) is 0.756. The summed E-state index contributed by atoms with van der Waals surface area (Å²) in [7, 11) is 1.60. The number of nitrogens with one attached hydrogen (secondary N) is 1. The molecule has 1 aromatic carbocycles. The van der Waals surface area contributed by atoms with Gasteiger partial charge in [-0.3, -0.25) is 14.5 Å². The van der Waals surface area contributed by atoms with Crippen LogP contribution in [-0.2, 0) is 4.79 Å². The van der Waals surface area contributed by atoms with Crippen LogP contribution >= 0.6 is 0 Å². The topological polar surface area (TPSA) is 61.9 Å². The molecular formula is C20H29N3O3. The lowest BCUT2D eigenvalue weighted by Crippen LogP contribution is -2.50. The second kappa shape index (κ2) is 9.97. The van der Waals surface area contributed by atoms with Crippen molar-refractivity contribution in [3.63, 3.8) is 0 Å². The molecule has 0 saturated carbocycles. The summed E-state index contributed by atoms with van der Waals surface area (Å²) in [5.74, 6) is 0.791. The van der Waals surface area contributed by atoms with E-state index in [4.69, 9.17) is 4.74 Å². The number of ether oxygens (including phenoxy) is 1. The summed E-state index contributed by atoms with van der Waals surface area (Å²) in [6.07, 6.45) is 2.86. The summed E-state index contributed by atoms with van der Waals surface area (Å²) in [6, 6.07) is 7.07. The maximum atomic E-state index is 12.3. The average molecular weight is 359 g/mol. The van der Waals surface area contributed by atoms with Crippen LogP contribution in [0.1, 0.15) is 30.6 Å². The lowest BCUT2D eigenvalue weighted by Gasteiger charge is -2.35. The minimum absolute atomic E-state index is 0.0817. The van der Waals surface area contributed by atoms with Crippen LogP contribution in [0.3, 0.4) is 0 Å². The fourth-order valence-electron chi connectivity index (χ4n) is 2.99. The predicted octanol–water partition coefficient (Wildman–Crippen LogP) is 1.93. The number of piperazine rings is 1. The molecule has 6 nitrogen and oxygen atoms in total. The Balaban J connectivity index is 1.70. The summed E-state index contributed by atoms with van der Waals surface area (Å²) in [4.78, 5) is 28.6. The van der Waals surface area contributed by atoms with E-state index < -0.39 is 0 Å². The van der Waals surface area contributed by atoms with Crippen molar-refractivity contribution in [2.24, 2.45) is 0 Å². The Kier molecular flexibility index (Phi) is 7.66. The summed E-state index contributed by atoms with van der Waals surface area (Å²) < 4.78 is 5.09. The van der Waals surface area contributed by atoms with Gasteiger partial charge in [0.2, 0.25) is 5.91 Å². The highest BCUT2D eigenvalue weighted by Gasteiger charge is 2.21. The van der Waals surface area contributed by atoms with Gasteiger partial charge in [0, 0.05) is 50.4 Å². The first-order valence-electron chi connectivity index (χ1n) is 9.15. The van der Waals surface area contributed by atoms with Crippen LogP contribution in [0.2, 0.25) is 0 Å². The molecule has 0 unspecified atom stereocenters. The van der Waals surface area contributed by atoms with Crippen LogP contribution in [0.5, 0.6) is 5.75 Å². The van der Waals surface area contributed by atoms with E-state index in [1.165, 1.54) is 0 Å². The fourth-order valence-corrected chi connectivity index (χ4v) is 2.99.